The van der Waals surface area contributed by atoms with Crippen molar-refractivity contribution in [3.05, 3.63) is 23.8 Å². The van der Waals surface area contributed by atoms with Gasteiger partial charge >= 0.3 is 0 Å². The molecule has 0 saturated carbocycles. The summed E-state index contributed by atoms with van der Waals surface area (Å²) in [5.74, 6) is 1.50. The van der Waals surface area contributed by atoms with Crippen molar-refractivity contribution >= 4 is 0 Å². The number of hydrogen-bond acceptors (Lipinski definition) is 0. The van der Waals surface area contributed by atoms with Crippen LogP contribution in [0.3, 0.4) is 0 Å². The molecule has 0 heterocycles. The second kappa shape index (κ2) is 12.0. The highest BCUT2D eigenvalue weighted by Crippen LogP contribution is 2.33. The summed E-state index contributed by atoms with van der Waals surface area (Å²) in [5.41, 5.74) is 2.00. The molecular formula is C22H42. The zero-order valence-corrected chi connectivity index (χ0v) is 16.5. The third-order valence-corrected chi connectivity index (χ3v) is 5.30. The van der Waals surface area contributed by atoms with E-state index < -0.39 is 0 Å². The predicted octanol–water partition coefficient (Wildman–Crippen LogP) is 7.95. The molecule has 0 aromatic carbocycles. The van der Waals surface area contributed by atoms with Gasteiger partial charge in [-0.25, -0.2) is 0 Å². The topological polar surface area (TPSA) is 0 Å². The smallest absolute Gasteiger partial charge is 0.0149 e. The second-order valence-electron chi connectivity index (χ2n) is 7.72. The molecule has 0 heteroatoms. The van der Waals surface area contributed by atoms with Gasteiger partial charge in [0.25, 0.3) is 0 Å². The average molecular weight is 307 g/mol. The lowest BCUT2D eigenvalue weighted by molar-refractivity contribution is 0.283. The highest BCUT2D eigenvalue weighted by atomic mass is 14.3. The molecule has 0 spiro atoms. The lowest BCUT2D eigenvalue weighted by atomic mass is 9.76. The summed E-state index contributed by atoms with van der Waals surface area (Å²) in [7, 11) is 0. The van der Waals surface area contributed by atoms with Crippen LogP contribution in [-0.2, 0) is 0 Å². The summed E-state index contributed by atoms with van der Waals surface area (Å²) in [6.07, 6.45) is 17.7. The maximum atomic E-state index is 2.51. The van der Waals surface area contributed by atoms with Gasteiger partial charge in [0.05, 0.1) is 0 Å². The summed E-state index contributed by atoms with van der Waals surface area (Å²) in [6.45, 7) is 16.4. The van der Waals surface area contributed by atoms with Crippen molar-refractivity contribution < 1.29 is 0 Å². The molecule has 130 valence electrons. The zero-order valence-electron chi connectivity index (χ0n) is 16.5. The monoisotopic (exact) mass is 306 g/mol. The first-order chi connectivity index (χ1) is 10.4. The van der Waals surface area contributed by atoms with Gasteiger partial charge in [0, 0.05) is 0 Å². The first kappa shape index (κ1) is 21.5. The van der Waals surface area contributed by atoms with Crippen LogP contribution in [0.4, 0.5) is 0 Å². The SMILES string of the molecule is CCCC/C=C\C(C)(C)[C@@H](C)CCC/C(=C\C(C)CC)CC. The van der Waals surface area contributed by atoms with Crippen LogP contribution in [0.15, 0.2) is 23.8 Å². The summed E-state index contributed by atoms with van der Waals surface area (Å²) in [6, 6.07) is 0. The van der Waals surface area contributed by atoms with Gasteiger partial charge in [-0.1, -0.05) is 91.5 Å². The van der Waals surface area contributed by atoms with E-state index >= 15 is 0 Å². The fourth-order valence-electron chi connectivity index (χ4n) is 2.78. The van der Waals surface area contributed by atoms with Crippen molar-refractivity contribution in [3.8, 4) is 0 Å². The molecule has 0 aromatic heterocycles. The standard InChI is InChI=1S/C22H42/c1-8-11-12-13-17-22(6,7)20(5)15-14-16-21(10-3)18-19(4)9-2/h13,17-20H,8-12,14-16H2,1-7H3/b17-13-,21-18-/t19?,20-/m0/s1. The average Bonchev–Trinajstić information content (AvgIpc) is 2.50. The Labute approximate surface area is 141 Å². The minimum atomic E-state index is 0.334. The molecule has 1 unspecified atom stereocenters. The van der Waals surface area contributed by atoms with Gasteiger partial charge in [-0.05, 0) is 49.4 Å². The molecule has 0 amide bonds. The van der Waals surface area contributed by atoms with Gasteiger partial charge in [0.15, 0.2) is 0 Å². The molecule has 0 fully saturated rings. The van der Waals surface area contributed by atoms with E-state index in [2.05, 4.69) is 66.7 Å². The van der Waals surface area contributed by atoms with Crippen molar-refractivity contribution in [2.75, 3.05) is 0 Å². The van der Waals surface area contributed by atoms with E-state index in [0.717, 1.165) is 11.8 Å². The molecule has 0 nitrogen and oxygen atoms in total. The lowest BCUT2D eigenvalue weighted by Crippen LogP contribution is -2.19. The van der Waals surface area contributed by atoms with Crippen LogP contribution in [0.25, 0.3) is 0 Å². The van der Waals surface area contributed by atoms with E-state index in [-0.39, 0.29) is 0 Å². The van der Waals surface area contributed by atoms with Gasteiger partial charge in [-0.15, -0.1) is 0 Å². The van der Waals surface area contributed by atoms with Gasteiger partial charge in [0.2, 0.25) is 0 Å². The number of unbranched alkanes of at least 4 members (excludes halogenated alkanes) is 2. The molecule has 0 saturated heterocycles. The van der Waals surface area contributed by atoms with E-state index in [1.807, 2.05) is 0 Å². The molecule has 0 aliphatic rings. The predicted molar refractivity (Wildman–Crippen MR) is 103 cm³/mol. The molecule has 0 N–H and O–H groups in total. The first-order valence-corrected chi connectivity index (χ1v) is 9.74. The van der Waals surface area contributed by atoms with Crippen molar-refractivity contribution in [3.63, 3.8) is 0 Å². The Kier molecular flexibility index (Phi) is 11.7. The fourth-order valence-corrected chi connectivity index (χ4v) is 2.78. The second-order valence-corrected chi connectivity index (χ2v) is 7.72. The van der Waals surface area contributed by atoms with Crippen LogP contribution in [0.1, 0.15) is 99.8 Å². The summed E-state index contributed by atoms with van der Waals surface area (Å²) < 4.78 is 0. The van der Waals surface area contributed by atoms with Crippen LogP contribution in [0.2, 0.25) is 0 Å². The Balaban J connectivity index is 4.27. The van der Waals surface area contributed by atoms with Crippen LogP contribution < -0.4 is 0 Å². The zero-order chi connectivity index (χ0) is 17.0. The quantitative estimate of drug-likeness (QED) is 0.253. The van der Waals surface area contributed by atoms with Crippen LogP contribution in [-0.4, -0.2) is 0 Å². The maximum absolute atomic E-state index is 2.51. The van der Waals surface area contributed by atoms with E-state index in [4.69, 9.17) is 0 Å². The van der Waals surface area contributed by atoms with Crippen LogP contribution in [0, 0.1) is 17.3 Å². The van der Waals surface area contributed by atoms with Crippen molar-refractivity contribution in [2.24, 2.45) is 17.3 Å². The van der Waals surface area contributed by atoms with Crippen LogP contribution in [0.5, 0.6) is 0 Å². The number of rotatable bonds is 12. The highest BCUT2D eigenvalue weighted by molar-refractivity contribution is 5.03. The molecule has 0 radical (unpaired) electrons. The number of allylic oxidation sites excluding steroid dienone is 4. The van der Waals surface area contributed by atoms with Gasteiger partial charge in [-0.3, -0.25) is 0 Å². The normalized spacial score (nSPS) is 16.2. The fraction of sp³-hybridized carbons (Fsp3) is 0.818. The Morgan fingerprint density at radius 2 is 1.73 bits per heavy atom. The van der Waals surface area contributed by atoms with Gasteiger partial charge in [-0.2, -0.15) is 0 Å². The van der Waals surface area contributed by atoms with E-state index in [9.17, 15) is 0 Å². The molecule has 22 heavy (non-hydrogen) atoms. The summed E-state index contributed by atoms with van der Waals surface area (Å²) >= 11 is 0. The minimum Gasteiger partial charge on any atom is -0.0880 e. The molecule has 0 bridgehead atoms. The summed E-state index contributed by atoms with van der Waals surface area (Å²) in [4.78, 5) is 0. The van der Waals surface area contributed by atoms with Crippen molar-refractivity contribution in [1.29, 1.82) is 0 Å². The minimum absolute atomic E-state index is 0.334. The molecule has 0 rings (SSSR count). The van der Waals surface area contributed by atoms with E-state index in [0.29, 0.717) is 5.41 Å². The highest BCUT2D eigenvalue weighted by Gasteiger charge is 2.22. The van der Waals surface area contributed by atoms with Gasteiger partial charge in [0.1, 0.15) is 0 Å². The third kappa shape index (κ3) is 9.49. The summed E-state index contributed by atoms with van der Waals surface area (Å²) in [5, 5.41) is 0. The Bertz CT molecular complexity index is 319. The largest absolute Gasteiger partial charge is 0.0880 e. The van der Waals surface area contributed by atoms with E-state index in [1.54, 1.807) is 5.57 Å². The first-order valence-electron chi connectivity index (χ1n) is 9.74. The van der Waals surface area contributed by atoms with Crippen molar-refractivity contribution in [2.45, 2.75) is 99.8 Å². The lowest BCUT2D eigenvalue weighted by Gasteiger charge is -2.29. The Hall–Kier alpha value is -0.520. The van der Waals surface area contributed by atoms with Gasteiger partial charge < -0.3 is 0 Å². The maximum Gasteiger partial charge on any atom is -0.0149 e. The van der Waals surface area contributed by atoms with E-state index in [1.165, 1.54) is 51.4 Å². The molecule has 0 aromatic rings. The Morgan fingerprint density at radius 1 is 1.05 bits per heavy atom. The van der Waals surface area contributed by atoms with Crippen molar-refractivity contribution in [1.82, 2.24) is 0 Å². The molecule has 0 aliphatic carbocycles. The number of hydrogen-bond donors (Lipinski definition) is 0. The van der Waals surface area contributed by atoms with Crippen LogP contribution >= 0.6 is 0 Å². The molecule has 0 aliphatic heterocycles. The molecular weight excluding hydrogens is 264 g/mol. The third-order valence-electron chi connectivity index (χ3n) is 5.30. The Morgan fingerprint density at radius 3 is 2.27 bits per heavy atom. The molecule has 2 atom stereocenters.